The summed E-state index contributed by atoms with van der Waals surface area (Å²) in [6.45, 7) is 0.498. The lowest BCUT2D eigenvalue weighted by molar-refractivity contribution is -0.123. The van der Waals surface area contributed by atoms with Crippen LogP contribution in [-0.2, 0) is 9.53 Å². The summed E-state index contributed by atoms with van der Waals surface area (Å²) >= 11 is 11.5. The highest BCUT2D eigenvalue weighted by molar-refractivity contribution is 6.30. The molecule has 0 aliphatic carbocycles. The molecule has 0 saturated heterocycles. The maximum atomic E-state index is 11.7. The number of hydrogen-bond donors (Lipinski definition) is 1. The van der Waals surface area contributed by atoms with Gasteiger partial charge in [-0.2, -0.15) is 0 Å². The van der Waals surface area contributed by atoms with Gasteiger partial charge in [-0.1, -0.05) is 11.6 Å². The van der Waals surface area contributed by atoms with Crippen molar-refractivity contribution in [1.29, 1.82) is 0 Å². The minimum Gasteiger partial charge on any atom is -0.484 e. The minimum atomic E-state index is -0.211. The van der Waals surface area contributed by atoms with Gasteiger partial charge < -0.3 is 14.8 Å². The van der Waals surface area contributed by atoms with Crippen LogP contribution in [0.1, 0.15) is 6.42 Å². The molecule has 1 aromatic rings. The molecule has 4 nitrogen and oxygen atoms in total. The first-order valence-corrected chi connectivity index (χ1v) is 6.79. The van der Waals surface area contributed by atoms with Crippen LogP contribution in [0, 0.1) is 0 Å². The third-order valence-electron chi connectivity index (χ3n) is 2.41. The van der Waals surface area contributed by atoms with Gasteiger partial charge in [0.25, 0.3) is 5.91 Å². The molecular weight excluding hydrogens is 289 g/mol. The van der Waals surface area contributed by atoms with Crippen LogP contribution < -0.4 is 10.1 Å². The lowest BCUT2D eigenvalue weighted by Gasteiger charge is -2.15. The minimum absolute atomic E-state index is 0.0536. The summed E-state index contributed by atoms with van der Waals surface area (Å²) in [4.78, 5) is 11.7. The highest BCUT2D eigenvalue weighted by atomic mass is 35.5. The second-order valence-corrected chi connectivity index (χ2v) is 4.69. The quantitative estimate of drug-likeness (QED) is 0.751. The lowest BCUT2D eigenvalue weighted by atomic mass is 10.2. The second-order valence-electron chi connectivity index (χ2n) is 3.94. The van der Waals surface area contributed by atoms with E-state index >= 15 is 0 Å². The summed E-state index contributed by atoms with van der Waals surface area (Å²) in [5.74, 6) is 0.728. The van der Waals surface area contributed by atoms with E-state index < -0.39 is 0 Å². The van der Waals surface area contributed by atoms with Crippen LogP contribution in [0.15, 0.2) is 24.3 Å². The summed E-state index contributed by atoms with van der Waals surface area (Å²) < 4.78 is 10.3. The summed E-state index contributed by atoms with van der Waals surface area (Å²) in [5.41, 5.74) is 0. The Balaban J connectivity index is 2.32. The van der Waals surface area contributed by atoms with Crippen LogP contribution >= 0.6 is 23.2 Å². The maximum absolute atomic E-state index is 11.7. The molecule has 1 amide bonds. The predicted octanol–water partition coefficient (Wildman–Crippen LogP) is 2.48. The number of carbonyl (C=O) groups excluding carboxylic acids is 1. The Labute approximate surface area is 123 Å². The third kappa shape index (κ3) is 6.66. The van der Waals surface area contributed by atoms with Crippen LogP contribution in [0.5, 0.6) is 5.75 Å². The molecular formula is C13H17Cl2NO3. The Bertz CT molecular complexity index is 384. The summed E-state index contributed by atoms with van der Waals surface area (Å²) in [7, 11) is 1.61. The summed E-state index contributed by atoms with van der Waals surface area (Å²) in [6.07, 6.45) is 0.673. The normalized spacial score (nSPS) is 11.9. The molecule has 0 aliphatic heterocycles. The van der Waals surface area contributed by atoms with E-state index in [1.807, 2.05) is 0 Å². The summed E-state index contributed by atoms with van der Waals surface area (Å²) in [5, 5.41) is 3.40. The molecule has 1 atom stereocenters. The van der Waals surface area contributed by atoms with Crippen LogP contribution in [0.2, 0.25) is 5.02 Å². The van der Waals surface area contributed by atoms with Crippen LogP contribution in [0.4, 0.5) is 0 Å². The lowest BCUT2D eigenvalue weighted by Crippen LogP contribution is -2.39. The van der Waals surface area contributed by atoms with Crippen LogP contribution in [-0.4, -0.2) is 38.2 Å². The van der Waals surface area contributed by atoms with Crippen molar-refractivity contribution in [3.63, 3.8) is 0 Å². The fourth-order valence-electron chi connectivity index (χ4n) is 1.40. The predicted molar refractivity (Wildman–Crippen MR) is 76.1 cm³/mol. The number of ether oxygens (including phenoxy) is 2. The standard InChI is InChI=1S/C13H17Cl2NO3/c1-18-7-6-11(8-14)16-13(17)9-19-12-4-2-10(15)3-5-12/h2-5,11H,6-9H2,1H3,(H,16,17). The van der Waals surface area contributed by atoms with Gasteiger partial charge in [-0.05, 0) is 30.7 Å². The molecule has 6 heteroatoms. The van der Waals surface area contributed by atoms with E-state index in [0.29, 0.717) is 29.7 Å². The SMILES string of the molecule is COCCC(CCl)NC(=O)COc1ccc(Cl)cc1. The van der Waals surface area contributed by atoms with Gasteiger partial charge in [0.15, 0.2) is 6.61 Å². The van der Waals surface area contributed by atoms with Gasteiger partial charge in [0.1, 0.15) is 5.75 Å². The molecule has 0 heterocycles. The Morgan fingerprint density at radius 1 is 1.37 bits per heavy atom. The average Bonchev–Trinajstić information content (AvgIpc) is 2.42. The average molecular weight is 306 g/mol. The van der Waals surface area contributed by atoms with Crippen molar-refractivity contribution < 1.29 is 14.3 Å². The third-order valence-corrected chi connectivity index (χ3v) is 3.03. The highest BCUT2D eigenvalue weighted by Gasteiger charge is 2.11. The number of amides is 1. The van der Waals surface area contributed by atoms with Crippen molar-refractivity contribution in [2.45, 2.75) is 12.5 Å². The number of rotatable bonds is 8. The molecule has 1 rings (SSSR count). The zero-order chi connectivity index (χ0) is 14.1. The molecule has 19 heavy (non-hydrogen) atoms. The van der Waals surface area contributed by atoms with E-state index in [9.17, 15) is 4.79 Å². The van der Waals surface area contributed by atoms with Crippen LogP contribution in [0.3, 0.4) is 0 Å². The molecule has 1 unspecified atom stereocenters. The van der Waals surface area contributed by atoms with Gasteiger partial charge in [0, 0.05) is 30.7 Å². The van der Waals surface area contributed by atoms with Gasteiger partial charge in [-0.15, -0.1) is 11.6 Å². The van der Waals surface area contributed by atoms with E-state index in [2.05, 4.69) is 5.32 Å². The molecule has 1 N–H and O–H groups in total. The van der Waals surface area contributed by atoms with Crippen molar-refractivity contribution in [3.05, 3.63) is 29.3 Å². The van der Waals surface area contributed by atoms with Crippen molar-refractivity contribution in [2.24, 2.45) is 0 Å². The van der Waals surface area contributed by atoms with Gasteiger partial charge in [-0.3, -0.25) is 4.79 Å². The monoisotopic (exact) mass is 305 g/mol. The second kappa shape index (κ2) is 9.02. The molecule has 0 aliphatic rings. The molecule has 0 fully saturated rings. The van der Waals surface area contributed by atoms with Gasteiger partial charge in [0.2, 0.25) is 0 Å². The summed E-state index contributed by atoms with van der Waals surface area (Å²) in [6, 6.07) is 6.71. The van der Waals surface area contributed by atoms with E-state index in [4.69, 9.17) is 32.7 Å². The van der Waals surface area contributed by atoms with Gasteiger partial charge in [0.05, 0.1) is 0 Å². The largest absolute Gasteiger partial charge is 0.484 e. The Kier molecular flexibility index (Phi) is 7.63. The van der Waals surface area contributed by atoms with Crippen molar-refractivity contribution in [2.75, 3.05) is 26.2 Å². The van der Waals surface area contributed by atoms with Gasteiger partial charge in [-0.25, -0.2) is 0 Å². The number of benzene rings is 1. The van der Waals surface area contributed by atoms with Crippen molar-refractivity contribution in [3.8, 4) is 5.75 Å². The molecule has 0 bridgehead atoms. The molecule has 0 saturated carbocycles. The van der Waals surface area contributed by atoms with Gasteiger partial charge >= 0.3 is 0 Å². The topological polar surface area (TPSA) is 47.6 Å². The first kappa shape index (κ1) is 16.1. The molecule has 0 aromatic heterocycles. The van der Waals surface area contributed by atoms with Crippen molar-refractivity contribution >= 4 is 29.1 Å². The number of halogens is 2. The molecule has 0 radical (unpaired) electrons. The molecule has 0 spiro atoms. The van der Waals surface area contributed by atoms with E-state index in [1.54, 1.807) is 31.4 Å². The fraction of sp³-hybridized carbons (Fsp3) is 0.462. The Morgan fingerprint density at radius 3 is 2.63 bits per heavy atom. The molecule has 1 aromatic carbocycles. The fourth-order valence-corrected chi connectivity index (χ4v) is 1.75. The number of methoxy groups -OCH3 is 1. The van der Waals surface area contributed by atoms with Crippen LogP contribution in [0.25, 0.3) is 0 Å². The van der Waals surface area contributed by atoms with E-state index in [1.165, 1.54) is 0 Å². The number of hydrogen-bond acceptors (Lipinski definition) is 3. The number of alkyl halides is 1. The van der Waals surface area contributed by atoms with E-state index in [-0.39, 0.29) is 18.6 Å². The zero-order valence-corrected chi connectivity index (χ0v) is 12.2. The molecule has 106 valence electrons. The number of nitrogens with one attached hydrogen (secondary N) is 1. The Morgan fingerprint density at radius 2 is 2.05 bits per heavy atom. The smallest absolute Gasteiger partial charge is 0.258 e. The highest BCUT2D eigenvalue weighted by Crippen LogP contribution is 2.15. The first-order valence-electron chi connectivity index (χ1n) is 5.88. The maximum Gasteiger partial charge on any atom is 0.258 e. The van der Waals surface area contributed by atoms with E-state index in [0.717, 1.165) is 0 Å². The zero-order valence-electron chi connectivity index (χ0n) is 10.7. The van der Waals surface area contributed by atoms with Crippen molar-refractivity contribution in [1.82, 2.24) is 5.32 Å². The first-order chi connectivity index (χ1) is 9.15. The number of carbonyl (C=O) groups is 1. The Hall–Kier alpha value is -0.970.